The molecule has 0 saturated carbocycles. The minimum atomic E-state index is 0.377. The van der Waals surface area contributed by atoms with Crippen molar-refractivity contribution in [1.29, 1.82) is 0 Å². The van der Waals surface area contributed by atoms with Gasteiger partial charge in [-0.15, -0.1) is 0 Å². The van der Waals surface area contributed by atoms with E-state index in [2.05, 4.69) is 28.0 Å². The number of hydrogen-bond acceptors (Lipinski definition) is 4. The third-order valence-electron chi connectivity index (χ3n) is 4.12. The van der Waals surface area contributed by atoms with E-state index in [1.165, 1.54) is 12.8 Å². The van der Waals surface area contributed by atoms with Gasteiger partial charge in [0, 0.05) is 31.5 Å². The van der Waals surface area contributed by atoms with E-state index in [0.717, 1.165) is 23.6 Å². The molecule has 2 aromatic rings. The number of nitrogens with zero attached hydrogens (tertiary/aromatic N) is 4. The Morgan fingerprint density at radius 3 is 3.11 bits per heavy atom. The molecule has 1 aliphatic rings. The summed E-state index contributed by atoms with van der Waals surface area (Å²) in [4.78, 5) is 6.95. The highest BCUT2D eigenvalue weighted by molar-refractivity contribution is 5.69. The summed E-state index contributed by atoms with van der Waals surface area (Å²) in [6, 6.07) is 2.47. The second-order valence-corrected chi connectivity index (χ2v) is 5.48. The molecule has 0 spiro atoms. The largest absolute Gasteiger partial charge is 0.350 e. The van der Waals surface area contributed by atoms with Crippen molar-refractivity contribution in [3.8, 4) is 0 Å². The first-order valence-electron chi connectivity index (χ1n) is 6.98. The van der Waals surface area contributed by atoms with Gasteiger partial charge in [0.1, 0.15) is 5.52 Å². The fourth-order valence-electron chi connectivity index (χ4n) is 3.12. The number of aromatic nitrogens is 3. The Bertz CT molecular complexity index is 576. The Morgan fingerprint density at radius 1 is 1.47 bits per heavy atom. The van der Waals surface area contributed by atoms with Crippen LogP contribution in [0.15, 0.2) is 18.5 Å². The lowest BCUT2D eigenvalue weighted by Gasteiger charge is -2.40. The Balaban J connectivity index is 2.07. The van der Waals surface area contributed by atoms with Crippen LogP contribution in [0.25, 0.3) is 5.52 Å². The highest BCUT2D eigenvalue weighted by atomic mass is 15.3. The zero-order chi connectivity index (χ0) is 13.4. The normalized spacial score (nSPS) is 24.1. The molecule has 1 aliphatic heterocycles. The molecule has 0 aromatic carbocycles. The Hall–Kier alpha value is -1.62. The minimum Gasteiger partial charge on any atom is -0.350 e. The van der Waals surface area contributed by atoms with Gasteiger partial charge in [-0.25, -0.2) is 9.50 Å². The summed E-state index contributed by atoms with van der Waals surface area (Å²) in [5.74, 6) is 1.63. The molecule has 3 rings (SSSR count). The van der Waals surface area contributed by atoms with Crippen LogP contribution in [0, 0.1) is 12.8 Å². The highest BCUT2D eigenvalue weighted by Gasteiger charge is 2.29. The van der Waals surface area contributed by atoms with E-state index in [1.54, 1.807) is 0 Å². The Kier molecular flexibility index (Phi) is 3.14. The predicted octanol–water partition coefficient (Wildman–Crippen LogP) is 1.60. The summed E-state index contributed by atoms with van der Waals surface area (Å²) < 4.78 is 1.91. The standard InChI is InChI=1S/C14H21N5/c1-10-4-3-6-18(13(10)9-15)14-12-8-11(2)17-19(12)7-5-16-14/h5,7-8,10,13H,3-4,6,9,15H2,1-2H3. The third kappa shape index (κ3) is 2.08. The molecule has 2 N–H and O–H groups in total. The van der Waals surface area contributed by atoms with Gasteiger partial charge in [0.15, 0.2) is 5.82 Å². The van der Waals surface area contributed by atoms with E-state index < -0.39 is 0 Å². The zero-order valence-electron chi connectivity index (χ0n) is 11.6. The van der Waals surface area contributed by atoms with E-state index in [-0.39, 0.29) is 0 Å². The van der Waals surface area contributed by atoms with Crippen LogP contribution in [0.5, 0.6) is 0 Å². The first-order chi connectivity index (χ1) is 9.20. The fourth-order valence-corrected chi connectivity index (χ4v) is 3.12. The van der Waals surface area contributed by atoms with Crippen molar-refractivity contribution in [2.24, 2.45) is 11.7 Å². The number of hydrogen-bond donors (Lipinski definition) is 1. The van der Waals surface area contributed by atoms with Crippen molar-refractivity contribution in [2.75, 3.05) is 18.0 Å². The van der Waals surface area contributed by atoms with Crippen LogP contribution in [0.4, 0.5) is 5.82 Å². The molecule has 102 valence electrons. The number of nitrogens with two attached hydrogens (primary N) is 1. The van der Waals surface area contributed by atoms with Crippen LogP contribution in [-0.4, -0.2) is 33.7 Å². The van der Waals surface area contributed by atoms with Crippen LogP contribution in [0.3, 0.4) is 0 Å². The van der Waals surface area contributed by atoms with Crippen LogP contribution in [0.2, 0.25) is 0 Å². The maximum atomic E-state index is 5.98. The van der Waals surface area contributed by atoms with Crippen molar-refractivity contribution >= 4 is 11.3 Å². The SMILES string of the molecule is Cc1cc2c(N3CCCC(C)C3CN)nccn2n1. The summed E-state index contributed by atoms with van der Waals surface area (Å²) in [6.45, 7) is 6.00. The van der Waals surface area contributed by atoms with Gasteiger partial charge < -0.3 is 10.6 Å². The van der Waals surface area contributed by atoms with Crippen molar-refractivity contribution in [1.82, 2.24) is 14.6 Å². The second-order valence-electron chi connectivity index (χ2n) is 5.48. The van der Waals surface area contributed by atoms with E-state index in [0.29, 0.717) is 18.5 Å². The molecule has 0 amide bonds. The summed E-state index contributed by atoms with van der Waals surface area (Å²) in [5, 5.41) is 4.46. The highest BCUT2D eigenvalue weighted by Crippen LogP contribution is 2.29. The van der Waals surface area contributed by atoms with Gasteiger partial charge in [0.2, 0.25) is 0 Å². The molecule has 0 bridgehead atoms. The Labute approximate surface area is 113 Å². The monoisotopic (exact) mass is 259 g/mol. The van der Waals surface area contributed by atoms with E-state index >= 15 is 0 Å². The zero-order valence-corrected chi connectivity index (χ0v) is 11.6. The number of piperidine rings is 1. The average Bonchev–Trinajstić information content (AvgIpc) is 2.78. The summed E-state index contributed by atoms with van der Waals surface area (Å²) in [7, 11) is 0. The number of rotatable bonds is 2. The first kappa shape index (κ1) is 12.4. The van der Waals surface area contributed by atoms with Crippen molar-refractivity contribution in [2.45, 2.75) is 32.7 Å². The predicted molar refractivity (Wildman–Crippen MR) is 76.3 cm³/mol. The molecule has 5 heteroatoms. The van der Waals surface area contributed by atoms with E-state index in [9.17, 15) is 0 Å². The number of aryl methyl sites for hydroxylation is 1. The molecular weight excluding hydrogens is 238 g/mol. The van der Waals surface area contributed by atoms with Crippen LogP contribution in [-0.2, 0) is 0 Å². The van der Waals surface area contributed by atoms with Gasteiger partial charge >= 0.3 is 0 Å². The lowest BCUT2D eigenvalue weighted by atomic mass is 9.91. The van der Waals surface area contributed by atoms with Crippen molar-refractivity contribution in [3.63, 3.8) is 0 Å². The number of anilines is 1. The molecule has 2 aromatic heterocycles. The maximum Gasteiger partial charge on any atom is 0.154 e. The van der Waals surface area contributed by atoms with Gasteiger partial charge in [0.05, 0.1) is 5.69 Å². The molecule has 0 aliphatic carbocycles. The molecule has 1 saturated heterocycles. The van der Waals surface area contributed by atoms with Crippen LogP contribution in [0.1, 0.15) is 25.5 Å². The first-order valence-corrected chi connectivity index (χ1v) is 6.98. The molecule has 2 atom stereocenters. The van der Waals surface area contributed by atoms with Crippen molar-refractivity contribution < 1.29 is 0 Å². The van der Waals surface area contributed by atoms with Gasteiger partial charge in [-0.05, 0) is 31.7 Å². The summed E-state index contributed by atoms with van der Waals surface area (Å²) >= 11 is 0. The quantitative estimate of drug-likeness (QED) is 0.890. The molecule has 0 radical (unpaired) electrons. The maximum absolute atomic E-state index is 5.98. The van der Waals surface area contributed by atoms with E-state index in [1.807, 2.05) is 23.8 Å². The molecule has 19 heavy (non-hydrogen) atoms. The molecular formula is C14H21N5. The van der Waals surface area contributed by atoms with Crippen LogP contribution < -0.4 is 10.6 Å². The second kappa shape index (κ2) is 4.81. The molecule has 3 heterocycles. The average molecular weight is 259 g/mol. The number of fused-ring (bicyclic) bond motifs is 1. The van der Waals surface area contributed by atoms with E-state index in [4.69, 9.17) is 5.73 Å². The minimum absolute atomic E-state index is 0.377. The molecule has 1 fully saturated rings. The van der Waals surface area contributed by atoms with Gasteiger partial charge in [-0.2, -0.15) is 5.10 Å². The summed E-state index contributed by atoms with van der Waals surface area (Å²) in [6.07, 6.45) is 6.17. The molecule has 2 unspecified atom stereocenters. The third-order valence-corrected chi connectivity index (χ3v) is 4.12. The topological polar surface area (TPSA) is 59.5 Å². The van der Waals surface area contributed by atoms with Crippen LogP contribution >= 0.6 is 0 Å². The van der Waals surface area contributed by atoms with Gasteiger partial charge in [0.25, 0.3) is 0 Å². The lowest BCUT2D eigenvalue weighted by Crippen LogP contribution is -2.49. The lowest BCUT2D eigenvalue weighted by molar-refractivity contribution is 0.348. The molecule has 5 nitrogen and oxygen atoms in total. The van der Waals surface area contributed by atoms with Gasteiger partial charge in [-0.1, -0.05) is 6.92 Å². The van der Waals surface area contributed by atoms with Crippen molar-refractivity contribution in [3.05, 3.63) is 24.2 Å². The fraction of sp³-hybridized carbons (Fsp3) is 0.571. The van der Waals surface area contributed by atoms with Gasteiger partial charge in [-0.3, -0.25) is 0 Å². The summed E-state index contributed by atoms with van der Waals surface area (Å²) in [5.41, 5.74) is 8.07. The smallest absolute Gasteiger partial charge is 0.154 e. The Morgan fingerprint density at radius 2 is 2.32 bits per heavy atom.